The Morgan fingerprint density at radius 2 is 1.86 bits per heavy atom. The van der Waals surface area contributed by atoms with Gasteiger partial charge < -0.3 is 24.8 Å². The molecule has 0 unspecified atom stereocenters. The third-order valence-corrected chi connectivity index (χ3v) is 6.30. The number of carbonyl (C=O) groups excluding carboxylic acids is 1. The van der Waals surface area contributed by atoms with Gasteiger partial charge in [-0.2, -0.15) is 0 Å². The Hall–Kier alpha value is -4.71. The number of nitrogens with zero attached hydrogens (tertiary/aromatic N) is 4. The van der Waals surface area contributed by atoms with Crippen molar-refractivity contribution in [2.24, 2.45) is 0 Å². The fourth-order valence-corrected chi connectivity index (χ4v) is 4.42. The zero-order valence-corrected chi connectivity index (χ0v) is 20.7. The van der Waals surface area contributed by atoms with Gasteiger partial charge >= 0.3 is 6.09 Å². The van der Waals surface area contributed by atoms with Crippen LogP contribution in [0.5, 0.6) is 11.5 Å². The summed E-state index contributed by atoms with van der Waals surface area (Å²) in [5.41, 5.74) is 9.07. The highest BCUT2D eigenvalue weighted by molar-refractivity contribution is 5.74. The fraction of sp³-hybridized carbons (Fsp3) is 0.250. The highest BCUT2D eigenvalue weighted by Gasteiger charge is 2.32. The van der Waals surface area contributed by atoms with Crippen molar-refractivity contribution in [3.63, 3.8) is 0 Å². The van der Waals surface area contributed by atoms with Gasteiger partial charge in [0, 0.05) is 43.0 Å². The van der Waals surface area contributed by atoms with Crippen molar-refractivity contribution < 1.29 is 19.0 Å². The number of amides is 1. The molecule has 1 saturated heterocycles. The third-order valence-electron chi connectivity index (χ3n) is 6.30. The van der Waals surface area contributed by atoms with Gasteiger partial charge in [0.1, 0.15) is 35.1 Å². The number of nitrogens with two attached hydrogens (primary N) is 1. The molecule has 0 radical (unpaired) electrons. The van der Waals surface area contributed by atoms with E-state index in [1.54, 1.807) is 31.4 Å². The predicted octanol–water partition coefficient (Wildman–Crippen LogP) is 3.85. The lowest BCUT2D eigenvalue weighted by atomic mass is 10.1. The van der Waals surface area contributed by atoms with Crippen LogP contribution in [0.2, 0.25) is 0 Å². The number of methoxy groups -OCH3 is 2. The second-order valence-electron chi connectivity index (χ2n) is 8.67. The number of carbonyl (C=O) groups is 1. The first-order chi connectivity index (χ1) is 18.1. The molecule has 0 aliphatic carbocycles. The molecule has 9 heteroatoms. The smallest absolute Gasteiger partial charge is 0.410 e. The summed E-state index contributed by atoms with van der Waals surface area (Å²) in [7, 11) is 3.19. The molecule has 0 spiro atoms. The summed E-state index contributed by atoms with van der Waals surface area (Å²) in [5, 5.41) is 0. The van der Waals surface area contributed by atoms with Gasteiger partial charge in [-0.15, -0.1) is 0 Å². The molecule has 1 amide bonds. The summed E-state index contributed by atoms with van der Waals surface area (Å²) in [5.74, 6) is 8.70. The summed E-state index contributed by atoms with van der Waals surface area (Å²) < 4.78 is 18.1. The summed E-state index contributed by atoms with van der Waals surface area (Å²) in [4.78, 5) is 23.5. The highest BCUT2D eigenvalue weighted by atomic mass is 16.6. The normalized spacial score (nSPS) is 14.8. The van der Waals surface area contributed by atoms with E-state index in [-0.39, 0.29) is 18.6 Å². The average molecular weight is 498 g/mol. The topological polar surface area (TPSA) is 104 Å². The second kappa shape index (κ2) is 10.5. The van der Waals surface area contributed by atoms with Gasteiger partial charge in [0.15, 0.2) is 5.82 Å². The highest BCUT2D eigenvalue weighted by Crippen LogP contribution is 2.30. The maximum Gasteiger partial charge on any atom is 0.410 e. The minimum Gasteiger partial charge on any atom is -0.497 e. The second-order valence-corrected chi connectivity index (χ2v) is 8.67. The molecule has 0 saturated carbocycles. The number of aromatic nitrogens is 3. The number of fused-ring (bicyclic) bond motifs is 1. The molecule has 4 aromatic rings. The number of hydrogen-bond donors (Lipinski definition) is 1. The maximum atomic E-state index is 12.7. The van der Waals surface area contributed by atoms with Crippen molar-refractivity contribution in [1.82, 2.24) is 19.3 Å². The molecular formula is C28H27N5O4. The van der Waals surface area contributed by atoms with Crippen LogP contribution in [-0.2, 0) is 11.3 Å². The van der Waals surface area contributed by atoms with Crippen LogP contribution in [0.25, 0.3) is 5.52 Å². The molecule has 2 aromatic carbocycles. The summed E-state index contributed by atoms with van der Waals surface area (Å²) >= 11 is 0. The van der Waals surface area contributed by atoms with Crippen molar-refractivity contribution in [3.05, 3.63) is 83.6 Å². The van der Waals surface area contributed by atoms with Gasteiger partial charge in [-0.25, -0.2) is 14.8 Å². The van der Waals surface area contributed by atoms with Gasteiger partial charge in [0.05, 0.1) is 14.2 Å². The summed E-state index contributed by atoms with van der Waals surface area (Å²) in [6.45, 7) is 1.32. The minimum absolute atomic E-state index is 0.00559. The van der Waals surface area contributed by atoms with E-state index in [2.05, 4.69) is 16.8 Å². The molecule has 2 aromatic heterocycles. The Morgan fingerprint density at radius 1 is 1.11 bits per heavy atom. The molecule has 188 valence electrons. The predicted molar refractivity (Wildman–Crippen MR) is 138 cm³/mol. The van der Waals surface area contributed by atoms with E-state index in [1.165, 1.54) is 0 Å². The number of benzene rings is 2. The minimum atomic E-state index is -0.333. The number of hydrogen-bond acceptors (Lipinski definition) is 7. The van der Waals surface area contributed by atoms with E-state index in [4.69, 9.17) is 24.9 Å². The van der Waals surface area contributed by atoms with E-state index >= 15 is 0 Å². The van der Waals surface area contributed by atoms with Crippen LogP contribution in [0.15, 0.2) is 60.9 Å². The first-order valence-electron chi connectivity index (χ1n) is 11.9. The maximum absolute atomic E-state index is 12.7. The van der Waals surface area contributed by atoms with Crippen molar-refractivity contribution >= 4 is 17.4 Å². The van der Waals surface area contributed by atoms with Crippen LogP contribution in [0, 0.1) is 11.8 Å². The van der Waals surface area contributed by atoms with Gasteiger partial charge in [-0.05, 0) is 30.0 Å². The molecule has 1 aliphatic heterocycles. The molecule has 3 heterocycles. The molecule has 9 nitrogen and oxygen atoms in total. The van der Waals surface area contributed by atoms with Crippen LogP contribution in [-0.4, -0.2) is 52.7 Å². The molecule has 2 N–H and O–H groups in total. The number of rotatable bonds is 5. The lowest BCUT2D eigenvalue weighted by Gasteiger charge is -2.16. The molecule has 1 atom stereocenters. The van der Waals surface area contributed by atoms with Crippen molar-refractivity contribution in [2.45, 2.75) is 18.9 Å². The van der Waals surface area contributed by atoms with E-state index < -0.39 is 0 Å². The Bertz CT molecular complexity index is 1470. The molecule has 0 bridgehead atoms. The monoisotopic (exact) mass is 497 g/mol. The molecule has 1 aliphatic rings. The number of imidazole rings is 1. The lowest BCUT2D eigenvalue weighted by molar-refractivity contribution is 0.104. The van der Waals surface area contributed by atoms with Gasteiger partial charge in [0.2, 0.25) is 0 Å². The number of anilines is 1. The van der Waals surface area contributed by atoms with Crippen molar-refractivity contribution in [1.29, 1.82) is 0 Å². The van der Waals surface area contributed by atoms with E-state index in [0.29, 0.717) is 41.6 Å². The number of likely N-dealkylation sites (tertiary alicyclic amines) is 1. The van der Waals surface area contributed by atoms with Gasteiger partial charge in [-0.1, -0.05) is 36.3 Å². The molecule has 5 rings (SSSR count). The van der Waals surface area contributed by atoms with Crippen LogP contribution < -0.4 is 15.2 Å². The largest absolute Gasteiger partial charge is 0.497 e. The zero-order chi connectivity index (χ0) is 25.8. The van der Waals surface area contributed by atoms with Crippen LogP contribution in [0.3, 0.4) is 0 Å². The Morgan fingerprint density at radius 3 is 2.59 bits per heavy atom. The van der Waals surface area contributed by atoms with E-state index in [0.717, 1.165) is 23.4 Å². The van der Waals surface area contributed by atoms with Gasteiger partial charge in [-0.3, -0.25) is 4.40 Å². The standard InChI is InChI=1S/C28H27N5O4/c1-35-22-14-20(15-23(16-22)36-2)8-9-24-25-26(29)30-11-13-33(25)27(31-24)21-10-12-32(17-21)28(34)37-18-19-6-4-3-5-7-19/h3-7,11,13-16,21H,10,12,17-18H2,1-2H3,(H2,29,30)/t21-/m0/s1. The Labute approximate surface area is 214 Å². The first-order valence-corrected chi connectivity index (χ1v) is 11.9. The van der Waals surface area contributed by atoms with E-state index in [9.17, 15) is 4.79 Å². The fourth-order valence-electron chi connectivity index (χ4n) is 4.42. The number of ether oxygens (including phenoxy) is 3. The van der Waals surface area contributed by atoms with Crippen LogP contribution >= 0.6 is 0 Å². The summed E-state index contributed by atoms with van der Waals surface area (Å²) in [6.07, 6.45) is 3.88. The van der Waals surface area contributed by atoms with Crippen LogP contribution in [0.4, 0.5) is 10.6 Å². The first kappa shape index (κ1) is 24.0. The molecule has 37 heavy (non-hydrogen) atoms. The molecular weight excluding hydrogens is 470 g/mol. The Kier molecular flexibility index (Phi) is 6.81. The van der Waals surface area contributed by atoms with Crippen molar-refractivity contribution in [2.75, 3.05) is 33.0 Å². The molecule has 1 fully saturated rings. The van der Waals surface area contributed by atoms with Crippen molar-refractivity contribution in [3.8, 4) is 23.3 Å². The average Bonchev–Trinajstić information content (AvgIpc) is 3.57. The zero-order valence-electron chi connectivity index (χ0n) is 20.7. The third kappa shape index (κ3) is 5.14. The van der Waals surface area contributed by atoms with Crippen LogP contribution in [0.1, 0.15) is 35.0 Å². The lowest BCUT2D eigenvalue weighted by Crippen LogP contribution is -2.29. The number of nitrogen functional groups attached to an aromatic ring is 1. The quantitative estimate of drug-likeness (QED) is 0.418. The van der Waals surface area contributed by atoms with E-state index in [1.807, 2.05) is 53.1 Å². The SMILES string of the molecule is COc1cc(C#Cc2nc([C@H]3CCN(C(=O)OCc4ccccc4)C3)n3ccnc(N)c23)cc(OC)c1. The summed E-state index contributed by atoms with van der Waals surface area (Å²) in [6, 6.07) is 15.1. The van der Waals surface area contributed by atoms with Gasteiger partial charge in [0.25, 0.3) is 0 Å². The Balaban J connectivity index is 1.39.